The average molecular weight is 367 g/mol. The molecule has 0 aliphatic heterocycles. The number of aliphatic imine (C=N–C) groups is 1. The fourth-order valence-corrected chi connectivity index (χ4v) is 3.76. The number of guanidine groups is 1. The van der Waals surface area contributed by atoms with Crippen LogP contribution in [0.15, 0.2) is 35.3 Å². The Labute approximate surface area is 139 Å². The lowest BCUT2D eigenvalue weighted by Gasteiger charge is -2.13. The second kappa shape index (κ2) is 7.04. The molecule has 0 fully saturated rings. The van der Waals surface area contributed by atoms with Gasteiger partial charge < -0.3 is 11.5 Å². The molecule has 1 aromatic carbocycles. The quantitative estimate of drug-likeness (QED) is 0.486. The SMILES string of the molecule is Br.NC(N)=Nc1nc2c(s1)CCCC(c1ccccc1)C2. The second-order valence-electron chi connectivity index (χ2n) is 5.11. The zero-order valence-corrected chi connectivity index (χ0v) is 14.2. The van der Waals surface area contributed by atoms with Gasteiger partial charge in [-0.3, -0.25) is 0 Å². The van der Waals surface area contributed by atoms with Crippen LogP contribution in [0, 0.1) is 0 Å². The summed E-state index contributed by atoms with van der Waals surface area (Å²) < 4.78 is 0. The van der Waals surface area contributed by atoms with Crippen LogP contribution in [-0.4, -0.2) is 10.9 Å². The summed E-state index contributed by atoms with van der Waals surface area (Å²) in [5.74, 6) is 0.625. The predicted molar refractivity (Wildman–Crippen MR) is 93.7 cm³/mol. The monoisotopic (exact) mass is 366 g/mol. The number of benzene rings is 1. The molecule has 0 radical (unpaired) electrons. The first kappa shape index (κ1) is 16.0. The highest BCUT2D eigenvalue weighted by molar-refractivity contribution is 8.93. The zero-order valence-electron chi connectivity index (χ0n) is 11.7. The van der Waals surface area contributed by atoms with Gasteiger partial charge in [-0.1, -0.05) is 41.7 Å². The Balaban J connectivity index is 0.00000161. The van der Waals surface area contributed by atoms with E-state index in [1.807, 2.05) is 0 Å². The molecule has 4 nitrogen and oxygen atoms in total. The first-order valence-corrected chi connectivity index (χ1v) is 7.67. The van der Waals surface area contributed by atoms with E-state index in [-0.39, 0.29) is 22.9 Å². The molecule has 1 aromatic heterocycles. The molecule has 112 valence electrons. The number of nitrogens with two attached hydrogens (primary N) is 2. The van der Waals surface area contributed by atoms with Crippen LogP contribution in [0.4, 0.5) is 5.13 Å². The van der Waals surface area contributed by atoms with Gasteiger partial charge in [-0.05, 0) is 37.2 Å². The number of aromatic nitrogens is 1. The van der Waals surface area contributed by atoms with Crippen LogP contribution in [0.2, 0.25) is 0 Å². The normalized spacial score (nSPS) is 17.2. The highest BCUT2D eigenvalue weighted by Gasteiger charge is 2.21. The molecular weight excluding hydrogens is 348 g/mol. The van der Waals surface area contributed by atoms with Crippen molar-refractivity contribution in [3.63, 3.8) is 0 Å². The summed E-state index contributed by atoms with van der Waals surface area (Å²) in [6.07, 6.45) is 4.47. The Morgan fingerprint density at radius 3 is 2.71 bits per heavy atom. The van der Waals surface area contributed by atoms with E-state index >= 15 is 0 Å². The van der Waals surface area contributed by atoms with Crippen molar-refractivity contribution in [1.82, 2.24) is 4.98 Å². The number of aryl methyl sites for hydroxylation is 1. The van der Waals surface area contributed by atoms with E-state index < -0.39 is 0 Å². The fourth-order valence-electron chi connectivity index (χ4n) is 2.74. The van der Waals surface area contributed by atoms with Crippen molar-refractivity contribution in [2.75, 3.05) is 0 Å². The van der Waals surface area contributed by atoms with E-state index in [1.165, 1.54) is 29.0 Å². The smallest absolute Gasteiger partial charge is 0.212 e. The van der Waals surface area contributed by atoms with Crippen LogP contribution in [0.5, 0.6) is 0 Å². The third kappa shape index (κ3) is 3.83. The maximum absolute atomic E-state index is 5.43. The number of hydrogen-bond acceptors (Lipinski definition) is 3. The van der Waals surface area contributed by atoms with Crippen molar-refractivity contribution in [2.45, 2.75) is 31.6 Å². The van der Waals surface area contributed by atoms with Gasteiger partial charge in [0.25, 0.3) is 0 Å². The van der Waals surface area contributed by atoms with Gasteiger partial charge in [0.1, 0.15) is 0 Å². The summed E-state index contributed by atoms with van der Waals surface area (Å²) in [5.41, 5.74) is 13.4. The topological polar surface area (TPSA) is 77.3 Å². The molecule has 6 heteroatoms. The Morgan fingerprint density at radius 1 is 1.24 bits per heavy atom. The van der Waals surface area contributed by atoms with Crippen LogP contribution in [-0.2, 0) is 12.8 Å². The van der Waals surface area contributed by atoms with Crippen molar-refractivity contribution in [1.29, 1.82) is 0 Å². The summed E-state index contributed by atoms with van der Waals surface area (Å²) in [6.45, 7) is 0. The predicted octanol–water partition coefficient (Wildman–Crippen LogP) is 3.29. The van der Waals surface area contributed by atoms with Crippen molar-refractivity contribution >= 4 is 39.4 Å². The summed E-state index contributed by atoms with van der Waals surface area (Å²) in [4.78, 5) is 10.0. The minimum absolute atomic E-state index is 0. The third-order valence-electron chi connectivity index (χ3n) is 3.66. The van der Waals surface area contributed by atoms with Crippen LogP contribution in [0.1, 0.15) is 34.9 Å². The molecule has 1 unspecified atom stereocenters. The van der Waals surface area contributed by atoms with Crippen LogP contribution in [0.3, 0.4) is 0 Å². The Bertz CT molecular complexity index is 620. The van der Waals surface area contributed by atoms with Crippen molar-refractivity contribution in [2.24, 2.45) is 16.5 Å². The van der Waals surface area contributed by atoms with Crippen molar-refractivity contribution in [3.05, 3.63) is 46.5 Å². The molecule has 0 bridgehead atoms. The van der Waals surface area contributed by atoms with Gasteiger partial charge in [-0.25, -0.2) is 4.98 Å². The molecule has 3 rings (SSSR count). The van der Waals surface area contributed by atoms with E-state index in [4.69, 9.17) is 11.5 Å². The van der Waals surface area contributed by atoms with E-state index in [0.717, 1.165) is 12.8 Å². The molecule has 4 N–H and O–H groups in total. The zero-order chi connectivity index (χ0) is 13.9. The van der Waals surface area contributed by atoms with Gasteiger partial charge in [0.15, 0.2) is 5.96 Å². The number of hydrogen-bond donors (Lipinski definition) is 2. The highest BCUT2D eigenvalue weighted by atomic mass is 79.9. The lowest BCUT2D eigenvalue weighted by molar-refractivity contribution is 0.608. The molecule has 21 heavy (non-hydrogen) atoms. The molecule has 1 atom stereocenters. The molecule has 0 saturated heterocycles. The molecule has 1 aliphatic rings. The summed E-state index contributed by atoms with van der Waals surface area (Å²) in [7, 11) is 0. The van der Waals surface area contributed by atoms with Crippen LogP contribution < -0.4 is 11.5 Å². The molecule has 2 aromatic rings. The Morgan fingerprint density at radius 2 is 2.00 bits per heavy atom. The van der Waals surface area contributed by atoms with Gasteiger partial charge in [0.05, 0.1) is 5.69 Å². The van der Waals surface area contributed by atoms with Crippen LogP contribution in [0.25, 0.3) is 0 Å². The Hall–Kier alpha value is -1.40. The van der Waals surface area contributed by atoms with E-state index in [2.05, 4.69) is 40.3 Å². The molecular formula is C15H19BrN4S. The first-order chi connectivity index (χ1) is 9.72. The lowest BCUT2D eigenvalue weighted by atomic mass is 9.92. The second-order valence-corrected chi connectivity index (χ2v) is 6.17. The van der Waals surface area contributed by atoms with Crippen molar-refractivity contribution < 1.29 is 0 Å². The third-order valence-corrected chi connectivity index (χ3v) is 4.71. The number of rotatable bonds is 2. The van der Waals surface area contributed by atoms with Gasteiger partial charge in [0.2, 0.25) is 5.13 Å². The number of nitrogens with zero attached hydrogens (tertiary/aromatic N) is 2. The van der Waals surface area contributed by atoms with Crippen LogP contribution >= 0.6 is 28.3 Å². The highest BCUT2D eigenvalue weighted by Crippen LogP contribution is 2.36. The molecule has 0 saturated carbocycles. The summed E-state index contributed by atoms with van der Waals surface area (Å²) in [6, 6.07) is 10.7. The largest absolute Gasteiger partial charge is 0.370 e. The average Bonchev–Trinajstić information content (AvgIpc) is 2.68. The lowest BCUT2D eigenvalue weighted by Crippen LogP contribution is -2.21. The number of halogens is 1. The standard InChI is InChI=1S/C15H18N4S.BrH/c16-14(17)19-15-18-12-9-11(7-4-8-13(12)20-15)10-5-2-1-3-6-10;/h1-3,5-6,11H,4,7-9H2,(H4,16,17,18,19);1H. The van der Waals surface area contributed by atoms with Gasteiger partial charge >= 0.3 is 0 Å². The van der Waals surface area contributed by atoms with E-state index in [9.17, 15) is 0 Å². The van der Waals surface area contributed by atoms with Gasteiger partial charge in [-0.2, -0.15) is 4.99 Å². The summed E-state index contributed by atoms with van der Waals surface area (Å²) in [5, 5.41) is 0.684. The van der Waals surface area contributed by atoms with E-state index in [1.54, 1.807) is 11.3 Å². The maximum Gasteiger partial charge on any atom is 0.212 e. The minimum atomic E-state index is 0. The Kier molecular flexibility index (Phi) is 5.36. The number of thiazole rings is 1. The number of fused-ring (bicyclic) bond motifs is 1. The maximum atomic E-state index is 5.43. The molecule has 0 amide bonds. The van der Waals surface area contributed by atoms with E-state index in [0.29, 0.717) is 11.0 Å². The fraction of sp³-hybridized carbons (Fsp3) is 0.333. The molecule has 1 heterocycles. The first-order valence-electron chi connectivity index (χ1n) is 6.85. The minimum Gasteiger partial charge on any atom is -0.370 e. The van der Waals surface area contributed by atoms with Gasteiger partial charge in [0, 0.05) is 4.88 Å². The molecule has 1 aliphatic carbocycles. The summed E-state index contributed by atoms with van der Waals surface area (Å²) >= 11 is 1.62. The molecule has 0 spiro atoms. The van der Waals surface area contributed by atoms with Gasteiger partial charge in [-0.15, -0.1) is 17.0 Å². The van der Waals surface area contributed by atoms with Crippen molar-refractivity contribution in [3.8, 4) is 0 Å².